The van der Waals surface area contributed by atoms with E-state index in [0.29, 0.717) is 0 Å². The van der Waals surface area contributed by atoms with E-state index in [2.05, 4.69) is 50.4 Å². The SMILES string of the molecule is COc1ccc(C(C)NCc2cnn(C(C)(C)C)c2)cc1OC. The van der Waals surface area contributed by atoms with Crippen LogP contribution in [0.2, 0.25) is 0 Å². The lowest BCUT2D eigenvalue weighted by atomic mass is 10.1. The largest absolute Gasteiger partial charge is 0.493 e. The first-order valence-electron chi connectivity index (χ1n) is 7.84. The highest BCUT2D eigenvalue weighted by atomic mass is 16.5. The van der Waals surface area contributed by atoms with Crippen molar-refractivity contribution in [1.82, 2.24) is 15.1 Å². The molecule has 0 radical (unpaired) electrons. The molecule has 1 unspecified atom stereocenters. The minimum atomic E-state index is 0.00716. The molecular weight excluding hydrogens is 290 g/mol. The first kappa shape index (κ1) is 17.3. The molecule has 23 heavy (non-hydrogen) atoms. The monoisotopic (exact) mass is 317 g/mol. The third kappa shape index (κ3) is 4.26. The molecule has 0 aliphatic heterocycles. The van der Waals surface area contributed by atoms with E-state index in [1.165, 1.54) is 5.56 Å². The van der Waals surface area contributed by atoms with Gasteiger partial charge in [-0.15, -0.1) is 0 Å². The Balaban J connectivity index is 2.02. The molecule has 1 atom stereocenters. The molecule has 0 saturated carbocycles. The van der Waals surface area contributed by atoms with Gasteiger partial charge in [-0.3, -0.25) is 4.68 Å². The molecule has 0 saturated heterocycles. The van der Waals surface area contributed by atoms with Gasteiger partial charge in [0.05, 0.1) is 26.0 Å². The highest BCUT2D eigenvalue weighted by molar-refractivity contribution is 5.43. The van der Waals surface area contributed by atoms with Crippen LogP contribution in [0.4, 0.5) is 0 Å². The third-order valence-corrected chi connectivity index (χ3v) is 3.84. The molecule has 126 valence electrons. The van der Waals surface area contributed by atoms with Crippen LogP contribution in [0.5, 0.6) is 11.5 Å². The van der Waals surface area contributed by atoms with E-state index < -0.39 is 0 Å². The van der Waals surface area contributed by atoms with E-state index in [0.717, 1.165) is 23.6 Å². The fourth-order valence-electron chi connectivity index (χ4n) is 2.33. The van der Waals surface area contributed by atoms with E-state index in [-0.39, 0.29) is 11.6 Å². The number of nitrogens with one attached hydrogen (secondary N) is 1. The number of hydrogen-bond donors (Lipinski definition) is 1. The van der Waals surface area contributed by atoms with Gasteiger partial charge in [0.15, 0.2) is 11.5 Å². The summed E-state index contributed by atoms with van der Waals surface area (Å²) in [5, 5.41) is 7.95. The second-order valence-electron chi connectivity index (χ2n) is 6.68. The zero-order chi connectivity index (χ0) is 17.0. The van der Waals surface area contributed by atoms with Crippen molar-refractivity contribution in [2.45, 2.75) is 45.8 Å². The summed E-state index contributed by atoms with van der Waals surface area (Å²) in [6.45, 7) is 9.33. The lowest BCUT2D eigenvalue weighted by Gasteiger charge is -2.19. The smallest absolute Gasteiger partial charge is 0.161 e. The van der Waals surface area contributed by atoms with E-state index in [1.54, 1.807) is 14.2 Å². The molecule has 0 spiro atoms. The molecule has 0 aliphatic rings. The number of rotatable bonds is 6. The summed E-state index contributed by atoms with van der Waals surface area (Å²) in [6, 6.07) is 6.20. The van der Waals surface area contributed by atoms with Gasteiger partial charge in [-0.2, -0.15) is 5.10 Å². The van der Waals surface area contributed by atoms with Gasteiger partial charge in [0.1, 0.15) is 0 Å². The number of nitrogens with zero attached hydrogens (tertiary/aromatic N) is 2. The van der Waals surface area contributed by atoms with E-state index in [1.807, 2.05) is 23.0 Å². The Morgan fingerprint density at radius 1 is 1.17 bits per heavy atom. The van der Waals surface area contributed by atoms with Gasteiger partial charge in [0.2, 0.25) is 0 Å². The summed E-state index contributed by atoms with van der Waals surface area (Å²) in [5.74, 6) is 1.49. The number of aromatic nitrogens is 2. The first-order chi connectivity index (χ1) is 10.8. The highest BCUT2D eigenvalue weighted by Crippen LogP contribution is 2.29. The molecular formula is C18H27N3O2. The van der Waals surface area contributed by atoms with Crippen molar-refractivity contribution >= 4 is 0 Å². The predicted molar refractivity (Wildman–Crippen MR) is 92.0 cm³/mol. The van der Waals surface area contributed by atoms with Gasteiger partial charge in [-0.1, -0.05) is 6.07 Å². The van der Waals surface area contributed by atoms with Gasteiger partial charge in [0.25, 0.3) is 0 Å². The van der Waals surface area contributed by atoms with Crippen LogP contribution in [0.3, 0.4) is 0 Å². The average Bonchev–Trinajstić information content (AvgIpc) is 3.01. The number of benzene rings is 1. The molecule has 1 aromatic carbocycles. The zero-order valence-electron chi connectivity index (χ0n) is 14.9. The first-order valence-corrected chi connectivity index (χ1v) is 7.84. The molecule has 2 aromatic rings. The minimum absolute atomic E-state index is 0.00716. The lowest BCUT2D eigenvalue weighted by Crippen LogP contribution is -2.22. The molecule has 5 heteroatoms. The van der Waals surface area contributed by atoms with Crippen molar-refractivity contribution < 1.29 is 9.47 Å². The van der Waals surface area contributed by atoms with E-state index in [4.69, 9.17) is 9.47 Å². The molecule has 0 aliphatic carbocycles. The quantitative estimate of drug-likeness (QED) is 0.886. The van der Waals surface area contributed by atoms with Crippen molar-refractivity contribution in [2.24, 2.45) is 0 Å². The van der Waals surface area contributed by atoms with Gasteiger partial charge in [-0.05, 0) is 45.4 Å². The van der Waals surface area contributed by atoms with Crippen molar-refractivity contribution in [1.29, 1.82) is 0 Å². The molecule has 0 bridgehead atoms. The van der Waals surface area contributed by atoms with Crippen LogP contribution in [0.1, 0.15) is 44.9 Å². The topological polar surface area (TPSA) is 48.3 Å². The molecule has 0 fully saturated rings. The second kappa shape index (κ2) is 7.04. The lowest BCUT2D eigenvalue weighted by molar-refractivity contribution is 0.354. The molecule has 1 N–H and O–H groups in total. The normalized spacial score (nSPS) is 13.0. The number of ether oxygens (including phenoxy) is 2. The molecule has 2 rings (SSSR count). The summed E-state index contributed by atoms with van der Waals surface area (Å²) >= 11 is 0. The maximum Gasteiger partial charge on any atom is 0.161 e. The summed E-state index contributed by atoms with van der Waals surface area (Å²) in [5.41, 5.74) is 2.34. The van der Waals surface area contributed by atoms with Crippen molar-refractivity contribution in [3.8, 4) is 11.5 Å². The van der Waals surface area contributed by atoms with Gasteiger partial charge >= 0.3 is 0 Å². The van der Waals surface area contributed by atoms with E-state index in [9.17, 15) is 0 Å². The van der Waals surface area contributed by atoms with Crippen LogP contribution in [0, 0.1) is 0 Å². The molecule has 5 nitrogen and oxygen atoms in total. The Bertz CT molecular complexity index is 644. The number of methoxy groups -OCH3 is 2. The van der Waals surface area contributed by atoms with Crippen LogP contribution in [0.25, 0.3) is 0 Å². The Labute approximate surface area is 138 Å². The van der Waals surface area contributed by atoms with Crippen LogP contribution in [0.15, 0.2) is 30.6 Å². The Hall–Kier alpha value is -2.01. The summed E-state index contributed by atoms with van der Waals surface area (Å²) < 4.78 is 12.6. The summed E-state index contributed by atoms with van der Waals surface area (Å²) in [7, 11) is 3.30. The maximum absolute atomic E-state index is 5.36. The molecule has 1 heterocycles. The van der Waals surface area contributed by atoms with Gasteiger partial charge in [-0.25, -0.2) is 0 Å². The Morgan fingerprint density at radius 3 is 2.43 bits per heavy atom. The minimum Gasteiger partial charge on any atom is -0.493 e. The third-order valence-electron chi connectivity index (χ3n) is 3.84. The number of hydrogen-bond acceptors (Lipinski definition) is 4. The predicted octanol–water partition coefficient (Wildman–Crippen LogP) is 3.51. The Morgan fingerprint density at radius 2 is 1.87 bits per heavy atom. The van der Waals surface area contributed by atoms with Crippen LogP contribution in [-0.4, -0.2) is 24.0 Å². The zero-order valence-corrected chi connectivity index (χ0v) is 14.9. The summed E-state index contributed by atoms with van der Waals surface area (Å²) in [4.78, 5) is 0. The van der Waals surface area contributed by atoms with Crippen LogP contribution in [-0.2, 0) is 12.1 Å². The van der Waals surface area contributed by atoms with Crippen molar-refractivity contribution in [3.05, 3.63) is 41.7 Å². The maximum atomic E-state index is 5.36. The standard InChI is InChI=1S/C18H27N3O2/c1-13(15-7-8-16(22-5)17(9-15)23-6)19-10-14-11-20-21(12-14)18(2,3)4/h7-9,11-13,19H,10H2,1-6H3. The molecule has 0 amide bonds. The van der Waals surface area contributed by atoms with Crippen molar-refractivity contribution in [2.75, 3.05) is 14.2 Å². The van der Waals surface area contributed by atoms with Crippen molar-refractivity contribution in [3.63, 3.8) is 0 Å². The fraction of sp³-hybridized carbons (Fsp3) is 0.500. The summed E-state index contributed by atoms with van der Waals surface area (Å²) in [6.07, 6.45) is 4.01. The van der Waals surface area contributed by atoms with Crippen LogP contribution >= 0.6 is 0 Å². The Kier molecular flexibility index (Phi) is 5.31. The van der Waals surface area contributed by atoms with Crippen LogP contribution < -0.4 is 14.8 Å². The van der Waals surface area contributed by atoms with E-state index >= 15 is 0 Å². The molecule has 1 aromatic heterocycles. The highest BCUT2D eigenvalue weighted by Gasteiger charge is 2.14. The van der Waals surface area contributed by atoms with Gasteiger partial charge in [0, 0.05) is 24.3 Å². The average molecular weight is 317 g/mol. The fourth-order valence-corrected chi connectivity index (χ4v) is 2.33. The second-order valence-corrected chi connectivity index (χ2v) is 6.68. The van der Waals surface area contributed by atoms with Gasteiger partial charge < -0.3 is 14.8 Å².